The number of carboxylic acid groups (broad SMARTS) is 1. The molecule has 5 rings (SSSR count). The van der Waals surface area contributed by atoms with Gasteiger partial charge in [-0.05, 0) is 62.2 Å². The SMILES string of the molecule is O=C(O)[C@H]1C[C@H]1C(=O)NC1C2CC3CC(C2)CC1C3. The number of aliphatic carboxylic acids is 1. The van der Waals surface area contributed by atoms with Gasteiger partial charge in [0.2, 0.25) is 5.91 Å². The third-order valence-electron chi connectivity index (χ3n) is 5.98. The minimum absolute atomic E-state index is 0.00451. The molecule has 2 N–H and O–H groups in total. The Morgan fingerprint density at radius 2 is 1.42 bits per heavy atom. The highest BCUT2D eigenvalue weighted by Gasteiger charge is 2.52. The zero-order valence-corrected chi connectivity index (χ0v) is 11.0. The van der Waals surface area contributed by atoms with Crippen molar-refractivity contribution in [2.75, 3.05) is 0 Å². The summed E-state index contributed by atoms with van der Waals surface area (Å²) in [6.07, 6.45) is 7.08. The maximum atomic E-state index is 12.1. The smallest absolute Gasteiger partial charge is 0.307 e. The van der Waals surface area contributed by atoms with Crippen LogP contribution < -0.4 is 5.32 Å². The largest absolute Gasteiger partial charge is 0.481 e. The zero-order valence-electron chi connectivity index (χ0n) is 11.0. The van der Waals surface area contributed by atoms with E-state index in [0.29, 0.717) is 24.3 Å². The molecule has 0 aromatic carbocycles. The van der Waals surface area contributed by atoms with Gasteiger partial charge in [0.05, 0.1) is 11.8 Å². The van der Waals surface area contributed by atoms with Gasteiger partial charge < -0.3 is 10.4 Å². The predicted molar refractivity (Wildman–Crippen MR) is 68.2 cm³/mol. The summed E-state index contributed by atoms with van der Waals surface area (Å²) in [5.41, 5.74) is 0. The molecular formula is C15H21NO3. The highest BCUT2D eigenvalue weighted by atomic mass is 16.4. The first kappa shape index (κ1) is 11.7. The molecule has 0 radical (unpaired) electrons. The molecule has 0 aromatic heterocycles. The van der Waals surface area contributed by atoms with Crippen molar-refractivity contribution in [2.45, 2.75) is 44.6 Å². The molecule has 0 heterocycles. The molecule has 5 fully saturated rings. The molecule has 0 unspecified atom stereocenters. The maximum absolute atomic E-state index is 12.1. The monoisotopic (exact) mass is 263 g/mol. The Morgan fingerprint density at radius 3 is 1.89 bits per heavy atom. The lowest BCUT2D eigenvalue weighted by atomic mass is 9.54. The molecular weight excluding hydrogens is 242 g/mol. The van der Waals surface area contributed by atoms with Gasteiger partial charge in [-0.3, -0.25) is 9.59 Å². The molecule has 0 aromatic rings. The summed E-state index contributed by atoms with van der Waals surface area (Å²) in [6, 6.07) is 0.343. The summed E-state index contributed by atoms with van der Waals surface area (Å²) < 4.78 is 0. The van der Waals surface area contributed by atoms with Crippen LogP contribution in [0.4, 0.5) is 0 Å². The number of rotatable bonds is 3. The Morgan fingerprint density at radius 1 is 0.842 bits per heavy atom. The van der Waals surface area contributed by atoms with E-state index in [1.54, 1.807) is 0 Å². The van der Waals surface area contributed by atoms with Crippen molar-refractivity contribution in [2.24, 2.45) is 35.5 Å². The van der Waals surface area contributed by atoms with Gasteiger partial charge in [-0.2, -0.15) is 0 Å². The Hall–Kier alpha value is -1.06. The second-order valence-corrected chi connectivity index (χ2v) is 7.25. The third-order valence-corrected chi connectivity index (χ3v) is 5.98. The normalized spacial score (nSPS) is 50.0. The fourth-order valence-electron chi connectivity index (χ4n) is 5.19. The van der Waals surface area contributed by atoms with Gasteiger partial charge in [0.15, 0.2) is 0 Å². The molecule has 4 heteroatoms. The van der Waals surface area contributed by atoms with Crippen molar-refractivity contribution in [3.05, 3.63) is 0 Å². The number of nitrogens with one attached hydrogen (secondary N) is 1. The van der Waals surface area contributed by atoms with Crippen molar-refractivity contribution in [1.29, 1.82) is 0 Å². The second kappa shape index (κ2) is 3.97. The fourth-order valence-corrected chi connectivity index (χ4v) is 5.19. The summed E-state index contributed by atoms with van der Waals surface area (Å²) in [6.45, 7) is 0. The lowest BCUT2D eigenvalue weighted by Crippen LogP contribution is -2.56. The molecule has 4 bridgehead atoms. The van der Waals surface area contributed by atoms with E-state index in [2.05, 4.69) is 5.32 Å². The number of carbonyl (C=O) groups excluding carboxylic acids is 1. The van der Waals surface area contributed by atoms with Crippen LogP contribution in [0.15, 0.2) is 0 Å². The van der Waals surface area contributed by atoms with Crippen molar-refractivity contribution in [3.63, 3.8) is 0 Å². The molecule has 0 spiro atoms. The van der Waals surface area contributed by atoms with Gasteiger partial charge in [0.25, 0.3) is 0 Å². The van der Waals surface area contributed by atoms with Gasteiger partial charge >= 0.3 is 5.97 Å². The molecule has 5 aliphatic rings. The molecule has 1 amide bonds. The van der Waals surface area contributed by atoms with Crippen molar-refractivity contribution < 1.29 is 14.7 Å². The summed E-state index contributed by atoms with van der Waals surface area (Å²) in [4.78, 5) is 23.0. The lowest BCUT2D eigenvalue weighted by molar-refractivity contribution is -0.140. The Balaban J connectivity index is 1.41. The predicted octanol–water partition coefficient (Wildman–Crippen LogP) is 1.65. The van der Waals surface area contributed by atoms with E-state index in [1.165, 1.54) is 32.1 Å². The van der Waals surface area contributed by atoms with E-state index in [-0.39, 0.29) is 11.8 Å². The van der Waals surface area contributed by atoms with Crippen LogP contribution in [0.3, 0.4) is 0 Å². The topological polar surface area (TPSA) is 66.4 Å². The van der Waals surface area contributed by atoms with Crippen LogP contribution in [-0.2, 0) is 9.59 Å². The van der Waals surface area contributed by atoms with E-state index in [1.807, 2.05) is 0 Å². The maximum Gasteiger partial charge on any atom is 0.307 e. The van der Waals surface area contributed by atoms with Gasteiger partial charge in [-0.25, -0.2) is 0 Å². The summed E-state index contributed by atoms with van der Waals surface area (Å²) in [7, 11) is 0. The molecule has 19 heavy (non-hydrogen) atoms. The van der Waals surface area contributed by atoms with E-state index in [9.17, 15) is 9.59 Å². The van der Waals surface area contributed by atoms with Crippen LogP contribution in [0.5, 0.6) is 0 Å². The number of hydrogen-bond acceptors (Lipinski definition) is 2. The Bertz CT molecular complexity index is 405. The first-order valence-electron chi connectivity index (χ1n) is 7.65. The van der Waals surface area contributed by atoms with E-state index in [0.717, 1.165) is 11.8 Å². The number of carbonyl (C=O) groups is 2. The minimum atomic E-state index is -0.815. The molecule has 5 aliphatic carbocycles. The van der Waals surface area contributed by atoms with Crippen LogP contribution in [0.25, 0.3) is 0 Å². The van der Waals surface area contributed by atoms with Crippen molar-refractivity contribution in [1.82, 2.24) is 5.32 Å². The first-order chi connectivity index (χ1) is 9.11. The fraction of sp³-hybridized carbons (Fsp3) is 0.867. The van der Waals surface area contributed by atoms with Crippen LogP contribution in [-0.4, -0.2) is 23.0 Å². The minimum Gasteiger partial charge on any atom is -0.481 e. The standard InChI is InChI=1S/C15H21NO3/c17-14(11-6-12(11)15(18)19)16-13-9-2-7-1-8(4-9)5-10(13)3-7/h7-13H,1-6H2,(H,16,17)(H,18,19)/t7?,8?,9?,10?,11-,12+,13?/m1/s1. The second-order valence-electron chi connectivity index (χ2n) is 7.25. The van der Waals surface area contributed by atoms with Crippen LogP contribution in [0.2, 0.25) is 0 Å². The number of carboxylic acids is 1. The summed E-state index contributed by atoms with van der Waals surface area (Å²) in [5, 5.41) is 12.1. The molecule has 0 saturated heterocycles. The molecule has 4 nitrogen and oxygen atoms in total. The van der Waals surface area contributed by atoms with Crippen LogP contribution in [0, 0.1) is 35.5 Å². The Labute approximate surface area is 112 Å². The van der Waals surface area contributed by atoms with Crippen LogP contribution >= 0.6 is 0 Å². The lowest BCUT2D eigenvalue weighted by Gasteiger charge is -2.54. The average Bonchev–Trinajstić information content (AvgIpc) is 3.12. The van der Waals surface area contributed by atoms with Crippen molar-refractivity contribution in [3.8, 4) is 0 Å². The number of hydrogen-bond donors (Lipinski definition) is 2. The highest BCUT2D eigenvalue weighted by Crippen LogP contribution is 2.54. The highest BCUT2D eigenvalue weighted by molar-refractivity contribution is 5.89. The van der Waals surface area contributed by atoms with Gasteiger partial charge in [0, 0.05) is 6.04 Å². The van der Waals surface area contributed by atoms with Crippen LogP contribution in [0.1, 0.15) is 38.5 Å². The summed E-state index contributed by atoms with van der Waals surface area (Å²) in [5.74, 6) is 1.66. The van der Waals surface area contributed by atoms with Gasteiger partial charge in [-0.1, -0.05) is 0 Å². The average molecular weight is 263 g/mol. The Kier molecular flexibility index (Phi) is 2.45. The quantitative estimate of drug-likeness (QED) is 0.813. The molecule has 0 aliphatic heterocycles. The molecule has 5 saturated carbocycles. The van der Waals surface area contributed by atoms with E-state index >= 15 is 0 Å². The summed E-state index contributed by atoms with van der Waals surface area (Å²) >= 11 is 0. The van der Waals surface area contributed by atoms with E-state index < -0.39 is 11.9 Å². The zero-order chi connectivity index (χ0) is 13.1. The van der Waals surface area contributed by atoms with E-state index in [4.69, 9.17) is 5.11 Å². The van der Waals surface area contributed by atoms with Gasteiger partial charge in [0.1, 0.15) is 0 Å². The third kappa shape index (κ3) is 1.87. The molecule has 104 valence electrons. The molecule has 2 atom stereocenters. The van der Waals surface area contributed by atoms with Gasteiger partial charge in [-0.15, -0.1) is 0 Å². The van der Waals surface area contributed by atoms with Crippen molar-refractivity contribution >= 4 is 11.9 Å². The number of amides is 1. The first-order valence-corrected chi connectivity index (χ1v) is 7.65.